The largest absolute Gasteiger partial charge is 0.365 e. The van der Waals surface area contributed by atoms with Crippen LogP contribution in [0.1, 0.15) is 35.3 Å². The highest BCUT2D eigenvalue weighted by Crippen LogP contribution is 2.27. The summed E-state index contributed by atoms with van der Waals surface area (Å²) < 4.78 is 25.2. The average Bonchev–Trinajstić information content (AvgIpc) is 2.65. The molecule has 0 saturated heterocycles. The van der Waals surface area contributed by atoms with E-state index in [4.69, 9.17) is 5.73 Å². The molecule has 4 N–H and O–H groups in total. The molecule has 0 fully saturated rings. The number of aryl methyl sites for hydroxylation is 1. The summed E-state index contributed by atoms with van der Waals surface area (Å²) >= 11 is 1.17. The van der Waals surface area contributed by atoms with Crippen molar-refractivity contribution in [1.82, 2.24) is 4.72 Å². The highest BCUT2D eigenvalue weighted by atomic mass is 32.2. The second-order valence-electron chi connectivity index (χ2n) is 6.12. The van der Waals surface area contributed by atoms with E-state index in [0.717, 1.165) is 6.26 Å². The molecule has 0 saturated carbocycles. The lowest BCUT2D eigenvalue weighted by molar-refractivity contribution is -0.119. The molecule has 0 aliphatic heterocycles. The number of primary amides is 1. The number of amides is 2. The van der Waals surface area contributed by atoms with Gasteiger partial charge in [-0.3, -0.25) is 9.59 Å². The van der Waals surface area contributed by atoms with Gasteiger partial charge in [0.05, 0.1) is 16.8 Å². The maximum atomic E-state index is 12.4. The van der Waals surface area contributed by atoms with Crippen molar-refractivity contribution >= 4 is 38.9 Å². The van der Waals surface area contributed by atoms with E-state index in [1.54, 1.807) is 27.7 Å². The summed E-state index contributed by atoms with van der Waals surface area (Å²) in [5, 5.41) is 2.65. The lowest BCUT2D eigenvalue weighted by Crippen LogP contribution is -2.51. The topological polar surface area (TPSA) is 118 Å². The zero-order valence-corrected chi connectivity index (χ0v) is 14.8. The predicted octanol–water partition coefficient (Wildman–Crippen LogP) is 1.06. The number of hydrogen-bond acceptors (Lipinski definition) is 5. The third kappa shape index (κ3) is 5.08. The molecule has 0 aromatic carbocycles. The van der Waals surface area contributed by atoms with Gasteiger partial charge in [-0.25, -0.2) is 13.1 Å². The summed E-state index contributed by atoms with van der Waals surface area (Å²) in [6.07, 6.45) is 1.00. The smallest absolute Gasteiger partial charge is 0.258 e. The van der Waals surface area contributed by atoms with Crippen molar-refractivity contribution < 1.29 is 18.0 Å². The first-order valence-electron chi connectivity index (χ1n) is 6.49. The molecule has 1 aromatic rings. The molecule has 1 atom stereocenters. The molecule has 0 radical (unpaired) electrons. The highest BCUT2D eigenvalue weighted by molar-refractivity contribution is 7.88. The number of carbonyl (C=O) groups is 2. The standard InChI is InChI=1S/C13H21N3O4S2/c1-7-8(6-9(21-7)11(14)17)15-12(18)10(13(2,3)4)16-22(5,19)20/h6,10,16H,1-5H3,(H2,14,17)(H,15,18). The molecule has 0 spiro atoms. The molecule has 2 amide bonds. The van der Waals surface area contributed by atoms with E-state index in [0.29, 0.717) is 15.4 Å². The summed E-state index contributed by atoms with van der Waals surface area (Å²) in [4.78, 5) is 24.6. The summed E-state index contributed by atoms with van der Waals surface area (Å²) in [5.41, 5.74) is 5.04. The Morgan fingerprint density at radius 1 is 1.32 bits per heavy atom. The summed E-state index contributed by atoms with van der Waals surface area (Å²) in [7, 11) is -3.54. The Kier molecular flexibility index (Phi) is 5.37. The number of thiophene rings is 1. The van der Waals surface area contributed by atoms with Gasteiger partial charge in [0.1, 0.15) is 6.04 Å². The van der Waals surface area contributed by atoms with Gasteiger partial charge in [0.15, 0.2) is 0 Å². The molecule has 124 valence electrons. The minimum absolute atomic E-state index is 0.330. The van der Waals surface area contributed by atoms with E-state index < -0.39 is 33.3 Å². The first-order valence-corrected chi connectivity index (χ1v) is 9.20. The van der Waals surface area contributed by atoms with Crippen LogP contribution in [0.3, 0.4) is 0 Å². The SMILES string of the molecule is Cc1sc(C(N)=O)cc1NC(=O)C(NS(C)(=O)=O)C(C)(C)C. The lowest BCUT2D eigenvalue weighted by Gasteiger charge is -2.29. The van der Waals surface area contributed by atoms with Gasteiger partial charge in [-0.05, 0) is 18.4 Å². The van der Waals surface area contributed by atoms with Crippen LogP contribution in [-0.2, 0) is 14.8 Å². The molecule has 1 heterocycles. The van der Waals surface area contributed by atoms with Crippen molar-refractivity contribution in [1.29, 1.82) is 0 Å². The molecule has 9 heteroatoms. The van der Waals surface area contributed by atoms with E-state index in [1.165, 1.54) is 17.4 Å². The van der Waals surface area contributed by atoms with E-state index >= 15 is 0 Å². The molecule has 1 unspecified atom stereocenters. The Labute approximate surface area is 134 Å². The molecule has 0 bridgehead atoms. The second-order valence-corrected chi connectivity index (χ2v) is 9.16. The zero-order valence-electron chi connectivity index (χ0n) is 13.2. The fraction of sp³-hybridized carbons (Fsp3) is 0.538. The number of nitrogens with two attached hydrogens (primary N) is 1. The van der Waals surface area contributed by atoms with Crippen LogP contribution in [0.15, 0.2) is 6.07 Å². The maximum Gasteiger partial charge on any atom is 0.258 e. The molecule has 1 aromatic heterocycles. The van der Waals surface area contributed by atoms with Gasteiger partial charge in [0, 0.05) is 4.88 Å². The molecule has 0 aliphatic rings. The predicted molar refractivity (Wildman–Crippen MR) is 87.4 cm³/mol. The normalized spacial score (nSPS) is 13.7. The minimum Gasteiger partial charge on any atom is -0.365 e. The van der Waals surface area contributed by atoms with Gasteiger partial charge >= 0.3 is 0 Å². The van der Waals surface area contributed by atoms with Crippen molar-refractivity contribution in [2.75, 3.05) is 11.6 Å². The molecular weight excluding hydrogens is 326 g/mol. The first-order chi connectivity index (χ1) is 9.81. The van der Waals surface area contributed by atoms with Crippen molar-refractivity contribution in [3.63, 3.8) is 0 Å². The first kappa shape index (κ1) is 18.6. The minimum atomic E-state index is -3.54. The van der Waals surface area contributed by atoms with Gasteiger partial charge in [0.25, 0.3) is 5.91 Å². The third-order valence-corrected chi connectivity index (χ3v) is 4.61. The number of hydrogen-bond donors (Lipinski definition) is 3. The lowest BCUT2D eigenvalue weighted by atomic mass is 9.87. The Morgan fingerprint density at radius 3 is 2.23 bits per heavy atom. The average molecular weight is 347 g/mol. The fourth-order valence-electron chi connectivity index (χ4n) is 1.77. The van der Waals surface area contributed by atoms with Gasteiger partial charge in [0.2, 0.25) is 15.9 Å². The number of sulfonamides is 1. The van der Waals surface area contributed by atoms with Crippen LogP contribution in [-0.4, -0.2) is 32.5 Å². The van der Waals surface area contributed by atoms with Gasteiger partial charge in [-0.1, -0.05) is 20.8 Å². The van der Waals surface area contributed by atoms with Crippen molar-refractivity contribution in [2.45, 2.75) is 33.7 Å². The van der Waals surface area contributed by atoms with Gasteiger partial charge in [-0.15, -0.1) is 11.3 Å². The quantitative estimate of drug-likeness (QED) is 0.738. The van der Waals surface area contributed by atoms with E-state index in [1.807, 2.05) is 0 Å². The van der Waals surface area contributed by atoms with E-state index in [2.05, 4.69) is 10.0 Å². The van der Waals surface area contributed by atoms with Crippen molar-refractivity contribution in [3.8, 4) is 0 Å². The number of carbonyl (C=O) groups excluding carboxylic acids is 2. The number of anilines is 1. The van der Waals surface area contributed by atoms with Crippen molar-refractivity contribution in [2.24, 2.45) is 11.1 Å². The van der Waals surface area contributed by atoms with Gasteiger partial charge < -0.3 is 11.1 Å². The molecular formula is C13H21N3O4S2. The van der Waals surface area contributed by atoms with Crippen LogP contribution in [0, 0.1) is 12.3 Å². The van der Waals surface area contributed by atoms with Crippen LogP contribution in [0.5, 0.6) is 0 Å². The van der Waals surface area contributed by atoms with Gasteiger partial charge in [-0.2, -0.15) is 0 Å². The Bertz CT molecular complexity index is 687. The fourth-order valence-corrected chi connectivity index (χ4v) is 3.49. The summed E-state index contributed by atoms with van der Waals surface area (Å²) in [6, 6.07) is 0.541. The van der Waals surface area contributed by atoms with Crippen LogP contribution >= 0.6 is 11.3 Å². The molecule has 1 rings (SSSR count). The number of rotatable bonds is 5. The van der Waals surface area contributed by atoms with Crippen LogP contribution < -0.4 is 15.8 Å². The molecule has 7 nitrogen and oxygen atoms in total. The highest BCUT2D eigenvalue weighted by Gasteiger charge is 2.34. The van der Waals surface area contributed by atoms with Crippen molar-refractivity contribution in [3.05, 3.63) is 15.8 Å². The van der Waals surface area contributed by atoms with E-state index in [9.17, 15) is 18.0 Å². The zero-order chi connectivity index (χ0) is 17.3. The monoisotopic (exact) mass is 347 g/mol. The third-order valence-electron chi connectivity index (χ3n) is 2.88. The number of nitrogens with one attached hydrogen (secondary N) is 2. The second kappa shape index (κ2) is 6.35. The molecule has 0 aliphatic carbocycles. The maximum absolute atomic E-state index is 12.4. The Hall–Kier alpha value is -1.45. The summed E-state index contributed by atoms with van der Waals surface area (Å²) in [5.74, 6) is -1.06. The Balaban J connectivity index is 3.04. The summed E-state index contributed by atoms with van der Waals surface area (Å²) in [6.45, 7) is 7.00. The van der Waals surface area contributed by atoms with Crippen LogP contribution in [0.4, 0.5) is 5.69 Å². The van der Waals surface area contributed by atoms with Crippen LogP contribution in [0.2, 0.25) is 0 Å². The molecule has 22 heavy (non-hydrogen) atoms. The van der Waals surface area contributed by atoms with E-state index in [-0.39, 0.29) is 0 Å². The Morgan fingerprint density at radius 2 is 1.86 bits per heavy atom. The van der Waals surface area contributed by atoms with Crippen LogP contribution in [0.25, 0.3) is 0 Å².